The zero-order valence-corrected chi connectivity index (χ0v) is 12.8. The van der Waals surface area contributed by atoms with Gasteiger partial charge >= 0.3 is 5.69 Å². The average Bonchev–Trinajstić information content (AvgIpc) is 2.43. The van der Waals surface area contributed by atoms with E-state index in [1.807, 2.05) is 0 Å². The fourth-order valence-corrected chi connectivity index (χ4v) is 2.85. The van der Waals surface area contributed by atoms with Crippen LogP contribution in [0.1, 0.15) is 13.3 Å². The lowest BCUT2D eigenvalue weighted by Crippen LogP contribution is -2.29. The Labute approximate surface area is 123 Å². The number of nitro benzene ring substituents is 1. The van der Waals surface area contributed by atoms with Crippen molar-refractivity contribution < 1.29 is 23.2 Å². The average molecular weight is 318 g/mol. The molecule has 1 unspecified atom stereocenters. The van der Waals surface area contributed by atoms with Crippen molar-refractivity contribution in [1.82, 2.24) is 4.31 Å². The van der Waals surface area contributed by atoms with Crippen LogP contribution < -0.4 is 4.74 Å². The number of nitrogens with zero attached hydrogens (tertiary/aromatic N) is 2. The molecule has 0 saturated heterocycles. The monoisotopic (exact) mass is 318 g/mol. The number of nitro groups is 1. The van der Waals surface area contributed by atoms with E-state index < -0.39 is 26.7 Å². The molecule has 0 aliphatic carbocycles. The smallest absolute Gasteiger partial charge is 0.312 e. The molecule has 21 heavy (non-hydrogen) atoms. The predicted molar refractivity (Wildman–Crippen MR) is 75.8 cm³/mol. The summed E-state index contributed by atoms with van der Waals surface area (Å²) in [4.78, 5) is 10.0. The summed E-state index contributed by atoms with van der Waals surface area (Å²) in [6.45, 7) is 1.67. The van der Waals surface area contributed by atoms with Gasteiger partial charge in [0.05, 0.1) is 23.0 Å². The Morgan fingerprint density at radius 3 is 2.57 bits per heavy atom. The van der Waals surface area contributed by atoms with Crippen molar-refractivity contribution in [3.8, 4) is 5.75 Å². The summed E-state index contributed by atoms with van der Waals surface area (Å²) in [5.74, 6) is -0.00872. The summed E-state index contributed by atoms with van der Waals surface area (Å²) in [6, 6.07) is 3.46. The van der Waals surface area contributed by atoms with E-state index in [1.54, 1.807) is 6.92 Å². The number of rotatable bonds is 7. The van der Waals surface area contributed by atoms with Crippen molar-refractivity contribution in [2.45, 2.75) is 24.3 Å². The van der Waals surface area contributed by atoms with Crippen LogP contribution >= 0.6 is 0 Å². The van der Waals surface area contributed by atoms with Crippen LogP contribution in [-0.4, -0.2) is 49.6 Å². The minimum absolute atomic E-state index is 0.00872. The van der Waals surface area contributed by atoms with E-state index in [9.17, 15) is 23.6 Å². The number of hydrogen-bond acceptors (Lipinski definition) is 6. The standard InChI is InChI=1S/C12H18N2O6S/c1-9(15)6-7-13(2)21(18,19)10-4-5-12(20-3)11(8-10)14(16)17/h4-5,8-9,15H,6-7H2,1-3H3. The molecular formula is C12H18N2O6S. The molecule has 0 radical (unpaired) electrons. The lowest BCUT2D eigenvalue weighted by Gasteiger charge is -2.18. The predicted octanol–water partition coefficient (Wildman–Crippen LogP) is 0.995. The molecule has 8 nitrogen and oxygen atoms in total. The topological polar surface area (TPSA) is 110 Å². The highest BCUT2D eigenvalue weighted by Crippen LogP contribution is 2.30. The highest BCUT2D eigenvalue weighted by atomic mass is 32.2. The van der Waals surface area contributed by atoms with Crippen LogP contribution in [0.3, 0.4) is 0 Å². The zero-order valence-electron chi connectivity index (χ0n) is 12.0. The third kappa shape index (κ3) is 4.13. The summed E-state index contributed by atoms with van der Waals surface area (Å²) in [7, 11) is -1.23. The maximum Gasteiger partial charge on any atom is 0.312 e. The number of hydrogen-bond donors (Lipinski definition) is 1. The first-order chi connectivity index (χ1) is 9.70. The molecule has 0 aliphatic rings. The molecule has 0 spiro atoms. The van der Waals surface area contributed by atoms with Gasteiger partial charge in [-0.2, -0.15) is 0 Å². The van der Waals surface area contributed by atoms with E-state index in [0.717, 1.165) is 10.4 Å². The fraction of sp³-hybridized carbons (Fsp3) is 0.500. The second-order valence-electron chi connectivity index (χ2n) is 4.56. The van der Waals surface area contributed by atoms with Gasteiger partial charge in [0.1, 0.15) is 0 Å². The van der Waals surface area contributed by atoms with Crippen molar-refractivity contribution in [2.24, 2.45) is 0 Å². The van der Waals surface area contributed by atoms with Gasteiger partial charge in [-0.15, -0.1) is 0 Å². The Hall–Kier alpha value is -1.71. The summed E-state index contributed by atoms with van der Waals surface area (Å²) in [5.41, 5.74) is -0.414. The second-order valence-corrected chi connectivity index (χ2v) is 6.60. The molecule has 1 N–H and O–H groups in total. The minimum atomic E-state index is -3.85. The van der Waals surface area contributed by atoms with E-state index in [2.05, 4.69) is 0 Å². The molecule has 1 atom stereocenters. The molecular weight excluding hydrogens is 300 g/mol. The summed E-state index contributed by atoms with van der Waals surface area (Å²) >= 11 is 0. The molecule has 0 aromatic heterocycles. The van der Waals surface area contributed by atoms with Gasteiger partial charge in [-0.05, 0) is 25.5 Å². The van der Waals surface area contributed by atoms with Gasteiger partial charge in [0.15, 0.2) is 5.75 Å². The van der Waals surface area contributed by atoms with E-state index in [1.165, 1.54) is 26.3 Å². The lowest BCUT2D eigenvalue weighted by molar-refractivity contribution is -0.386. The lowest BCUT2D eigenvalue weighted by atomic mass is 10.3. The SMILES string of the molecule is COc1ccc(S(=O)(=O)N(C)CCC(C)O)cc1[N+](=O)[O-]. The Bertz CT molecular complexity index is 614. The Morgan fingerprint density at radius 2 is 2.10 bits per heavy atom. The summed E-state index contributed by atoms with van der Waals surface area (Å²) in [5, 5.41) is 20.1. The Kier molecular flexibility index (Phi) is 5.64. The van der Waals surface area contributed by atoms with Crippen LogP contribution in [0.2, 0.25) is 0 Å². The number of benzene rings is 1. The summed E-state index contributed by atoms with van der Waals surface area (Å²) < 4.78 is 30.5. The van der Waals surface area contributed by atoms with E-state index in [4.69, 9.17) is 4.74 Å². The van der Waals surface area contributed by atoms with Gasteiger partial charge in [-0.1, -0.05) is 0 Å². The van der Waals surface area contributed by atoms with Crippen LogP contribution in [-0.2, 0) is 10.0 Å². The van der Waals surface area contributed by atoms with E-state index in [0.29, 0.717) is 0 Å². The number of aliphatic hydroxyl groups excluding tert-OH is 1. The molecule has 1 aromatic carbocycles. The molecule has 0 heterocycles. The number of aliphatic hydroxyl groups is 1. The number of methoxy groups -OCH3 is 1. The van der Waals surface area contributed by atoms with E-state index in [-0.39, 0.29) is 23.6 Å². The normalized spacial score (nSPS) is 13.2. The molecule has 118 valence electrons. The van der Waals surface area contributed by atoms with Gasteiger partial charge < -0.3 is 9.84 Å². The third-order valence-electron chi connectivity index (χ3n) is 2.92. The number of sulfonamides is 1. The maximum atomic E-state index is 12.3. The molecule has 1 aromatic rings. The van der Waals surface area contributed by atoms with Gasteiger partial charge in [0, 0.05) is 19.7 Å². The zero-order chi connectivity index (χ0) is 16.2. The highest BCUT2D eigenvalue weighted by molar-refractivity contribution is 7.89. The van der Waals surface area contributed by atoms with Crippen LogP contribution in [0, 0.1) is 10.1 Å². The molecule has 0 saturated carbocycles. The highest BCUT2D eigenvalue weighted by Gasteiger charge is 2.25. The molecule has 1 rings (SSSR count). The van der Waals surface area contributed by atoms with Gasteiger partial charge in [0.25, 0.3) is 0 Å². The molecule has 0 bridgehead atoms. The largest absolute Gasteiger partial charge is 0.490 e. The van der Waals surface area contributed by atoms with Crippen molar-refractivity contribution >= 4 is 15.7 Å². The van der Waals surface area contributed by atoms with Gasteiger partial charge in [-0.3, -0.25) is 10.1 Å². The molecule has 9 heteroatoms. The maximum absolute atomic E-state index is 12.3. The van der Waals surface area contributed by atoms with Crippen LogP contribution in [0.15, 0.2) is 23.1 Å². The van der Waals surface area contributed by atoms with Gasteiger partial charge in [-0.25, -0.2) is 12.7 Å². The molecule has 0 aliphatic heterocycles. The van der Waals surface area contributed by atoms with Crippen molar-refractivity contribution in [1.29, 1.82) is 0 Å². The van der Waals surface area contributed by atoms with E-state index >= 15 is 0 Å². The molecule has 0 fully saturated rings. The van der Waals surface area contributed by atoms with Crippen LogP contribution in [0.25, 0.3) is 0 Å². The van der Waals surface area contributed by atoms with Gasteiger partial charge in [0.2, 0.25) is 10.0 Å². The second kappa shape index (κ2) is 6.83. The van der Waals surface area contributed by atoms with Crippen LogP contribution in [0.5, 0.6) is 5.75 Å². The Balaban J connectivity index is 3.14. The first-order valence-corrected chi connectivity index (χ1v) is 7.61. The quantitative estimate of drug-likeness (QED) is 0.593. The first-order valence-electron chi connectivity index (χ1n) is 6.17. The van der Waals surface area contributed by atoms with Crippen LogP contribution in [0.4, 0.5) is 5.69 Å². The third-order valence-corrected chi connectivity index (χ3v) is 4.77. The fourth-order valence-electron chi connectivity index (χ4n) is 1.64. The first kappa shape index (κ1) is 17.3. The van der Waals surface area contributed by atoms with Crippen molar-refractivity contribution in [3.63, 3.8) is 0 Å². The van der Waals surface area contributed by atoms with Crippen molar-refractivity contribution in [3.05, 3.63) is 28.3 Å². The minimum Gasteiger partial charge on any atom is -0.490 e. The molecule has 0 amide bonds. The summed E-state index contributed by atoms with van der Waals surface area (Å²) in [6.07, 6.45) is -0.360. The Morgan fingerprint density at radius 1 is 1.48 bits per heavy atom. The van der Waals surface area contributed by atoms with Crippen molar-refractivity contribution in [2.75, 3.05) is 20.7 Å². The number of ether oxygens (including phenoxy) is 1.